The maximum atomic E-state index is 5.79. The van der Waals surface area contributed by atoms with Gasteiger partial charge in [0, 0.05) is 0 Å². The van der Waals surface area contributed by atoms with E-state index < -0.39 is 0 Å². The number of nitrogens with two attached hydrogens (primary N) is 1. The lowest BCUT2D eigenvalue weighted by atomic mass is 9.76. The summed E-state index contributed by atoms with van der Waals surface area (Å²) < 4.78 is 0. The lowest BCUT2D eigenvalue weighted by molar-refractivity contribution is 0.236. The topological polar surface area (TPSA) is 38.0 Å². The number of hydrogen-bond donors (Lipinski definition) is 2. The van der Waals surface area contributed by atoms with Gasteiger partial charge in [0.05, 0.1) is 6.04 Å². The molecule has 1 aromatic rings. The van der Waals surface area contributed by atoms with Crippen molar-refractivity contribution in [2.45, 2.75) is 58.4 Å². The van der Waals surface area contributed by atoms with Crippen molar-refractivity contribution in [2.24, 2.45) is 11.3 Å². The van der Waals surface area contributed by atoms with Crippen molar-refractivity contribution < 1.29 is 0 Å². The summed E-state index contributed by atoms with van der Waals surface area (Å²) in [4.78, 5) is 0. The maximum Gasteiger partial charge on any atom is 0.0510 e. The molecule has 0 saturated heterocycles. The van der Waals surface area contributed by atoms with Crippen molar-refractivity contribution in [2.75, 3.05) is 0 Å². The first-order valence-electron chi connectivity index (χ1n) is 7.14. The number of nitrogens with one attached hydrogen (secondary N) is 1. The van der Waals surface area contributed by atoms with Gasteiger partial charge in [0.1, 0.15) is 0 Å². The van der Waals surface area contributed by atoms with E-state index in [0.29, 0.717) is 0 Å². The highest BCUT2D eigenvalue weighted by molar-refractivity contribution is 5.30. The van der Waals surface area contributed by atoms with E-state index in [9.17, 15) is 0 Å². The Morgan fingerprint density at radius 3 is 2.61 bits per heavy atom. The summed E-state index contributed by atoms with van der Waals surface area (Å²) >= 11 is 0. The van der Waals surface area contributed by atoms with E-state index in [2.05, 4.69) is 50.5 Å². The predicted molar refractivity (Wildman–Crippen MR) is 77.2 cm³/mol. The standard InChI is InChI=1S/C16H26N2/c1-4-16(2,3)15(18-17)14-10-6-9-13(11-14)12-7-5-8-12/h6,9-12,15,18H,4-5,7-8,17H2,1-3H3. The molecule has 0 heterocycles. The van der Waals surface area contributed by atoms with Crippen LogP contribution in [0.4, 0.5) is 0 Å². The maximum absolute atomic E-state index is 5.79. The van der Waals surface area contributed by atoms with E-state index >= 15 is 0 Å². The highest BCUT2D eigenvalue weighted by Gasteiger charge is 2.29. The molecule has 1 fully saturated rings. The average molecular weight is 246 g/mol. The molecule has 1 aromatic carbocycles. The van der Waals surface area contributed by atoms with Gasteiger partial charge >= 0.3 is 0 Å². The molecule has 2 rings (SSSR count). The highest BCUT2D eigenvalue weighted by atomic mass is 15.2. The molecule has 0 aromatic heterocycles. The van der Waals surface area contributed by atoms with Crippen molar-refractivity contribution in [3.8, 4) is 0 Å². The van der Waals surface area contributed by atoms with Crippen LogP contribution < -0.4 is 11.3 Å². The van der Waals surface area contributed by atoms with E-state index in [1.54, 1.807) is 0 Å². The van der Waals surface area contributed by atoms with Crippen LogP contribution in [0.25, 0.3) is 0 Å². The molecule has 0 amide bonds. The quantitative estimate of drug-likeness (QED) is 0.611. The molecule has 1 unspecified atom stereocenters. The summed E-state index contributed by atoms with van der Waals surface area (Å²) in [6.45, 7) is 6.77. The molecule has 0 spiro atoms. The first kappa shape index (κ1) is 13.6. The molecule has 18 heavy (non-hydrogen) atoms. The Hall–Kier alpha value is -0.860. The number of hydrazine groups is 1. The largest absolute Gasteiger partial charge is 0.271 e. The second-order valence-corrected chi connectivity index (χ2v) is 6.24. The predicted octanol–water partition coefficient (Wildman–Crippen LogP) is 3.89. The van der Waals surface area contributed by atoms with Crippen LogP contribution in [0.3, 0.4) is 0 Å². The molecule has 0 radical (unpaired) electrons. The molecule has 2 heteroatoms. The van der Waals surface area contributed by atoms with Crippen LogP contribution in [0.1, 0.15) is 69.5 Å². The van der Waals surface area contributed by atoms with E-state index in [1.807, 2.05) is 0 Å². The van der Waals surface area contributed by atoms with Gasteiger partial charge in [0.2, 0.25) is 0 Å². The van der Waals surface area contributed by atoms with Crippen molar-refractivity contribution in [3.05, 3.63) is 35.4 Å². The fourth-order valence-electron chi connectivity index (χ4n) is 2.71. The van der Waals surface area contributed by atoms with Crippen LogP contribution in [0.15, 0.2) is 24.3 Å². The second-order valence-electron chi connectivity index (χ2n) is 6.24. The molecular formula is C16H26N2. The van der Waals surface area contributed by atoms with Crippen LogP contribution in [0, 0.1) is 5.41 Å². The van der Waals surface area contributed by atoms with E-state index in [-0.39, 0.29) is 11.5 Å². The molecular weight excluding hydrogens is 220 g/mol. The Balaban J connectivity index is 2.25. The Bertz CT molecular complexity index is 394. The van der Waals surface area contributed by atoms with Gasteiger partial charge in [-0.1, -0.05) is 51.5 Å². The zero-order valence-electron chi connectivity index (χ0n) is 11.9. The zero-order chi connectivity index (χ0) is 13.2. The molecule has 0 aliphatic heterocycles. The van der Waals surface area contributed by atoms with Gasteiger partial charge in [-0.15, -0.1) is 0 Å². The van der Waals surface area contributed by atoms with Crippen LogP contribution in [0.2, 0.25) is 0 Å². The molecule has 1 saturated carbocycles. The van der Waals surface area contributed by atoms with Gasteiger partial charge < -0.3 is 0 Å². The van der Waals surface area contributed by atoms with Crippen LogP contribution in [-0.4, -0.2) is 0 Å². The van der Waals surface area contributed by atoms with Gasteiger partial charge in [-0.25, -0.2) is 0 Å². The minimum atomic E-state index is 0.174. The Labute approximate surface area is 111 Å². The third kappa shape index (κ3) is 2.60. The third-order valence-corrected chi connectivity index (χ3v) is 4.68. The smallest absolute Gasteiger partial charge is 0.0510 e. The molecule has 1 aliphatic carbocycles. The van der Waals surface area contributed by atoms with E-state index in [4.69, 9.17) is 5.84 Å². The van der Waals surface area contributed by atoms with Gasteiger partial charge in [0.25, 0.3) is 0 Å². The minimum Gasteiger partial charge on any atom is -0.271 e. The summed E-state index contributed by atoms with van der Waals surface area (Å²) in [5.74, 6) is 6.57. The summed E-state index contributed by atoms with van der Waals surface area (Å²) in [6.07, 6.45) is 5.19. The van der Waals surface area contributed by atoms with Gasteiger partial charge in [-0.3, -0.25) is 11.3 Å². The first-order chi connectivity index (χ1) is 8.58. The second kappa shape index (κ2) is 5.41. The SMILES string of the molecule is CCC(C)(C)C(NN)c1cccc(C2CCC2)c1. The summed E-state index contributed by atoms with van der Waals surface area (Å²) in [6, 6.07) is 9.22. The van der Waals surface area contributed by atoms with Crippen LogP contribution in [-0.2, 0) is 0 Å². The zero-order valence-corrected chi connectivity index (χ0v) is 11.9. The molecule has 2 nitrogen and oxygen atoms in total. The fourth-order valence-corrected chi connectivity index (χ4v) is 2.71. The van der Waals surface area contributed by atoms with E-state index in [0.717, 1.165) is 12.3 Å². The third-order valence-electron chi connectivity index (χ3n) is 4.68. The van der Waals surface area contributed by atoms with Crippen molar-refractivity contribution in [3.63, 3.8) is 0 Å². The molecule has 3 N–H and O–H groups in total. The number of rotatable bonds is 5. The van der Waals surface area contributed by atoms with E-state index in [1.165, 1.54) is 30.4 Å². The summed E-state index contributed by atoms with van der Waals surface area (Å²) in [7, 11) is 0. The molecule has 0 bridgehead atoms. The summed E-state index contributed by atoms with van der Waals surface area (Å²) in [5, 5.41) is 0. The molecule has 1 aliphatic rings. The van der Waals surface area contributed by atoms with Crippen molar-refractivity contribution in [1.82, 2.24) is 5.43 Å². The lowest BCUT2D eigenvalue weighted by Gasteiger charge is -2.34. The number of benzene rings is 1. The normalized spacial score (nSPS) is 18.4. The van der Waals surface area contributed by atoms with Crippen molar-refractivity contribution >= 4 is 0 Å². The average Bonchev–Trinajstić information content (AvgIpc) is 2.28. The van der Waals surface area contributed by atoms with Crippen LogP contribution >= 0.6 is 0 Å². The van der Waals surface area contributed by atoms with Crippen LogP contribution in [0.5, 0.6) is 0 Å². The fraction of sp³-hybridized carbons (Fsp3) is 0.625. The summed E-state index contributed by atoms with van der Waals surface area (Å²) in [5.41, 5.74) is 6.00. The Kier molecular flexibility index (Phi) is 4.08. The molecule has 1 atom stereocenters. The minimum absolute atomic E-state index is 0.174. The molecule has 100 valence electrons. The van der Waals surface area contributed by atoms with Gasteiger partial charge in [-0.2, -0.15) is 0 Å². The monoisotopic (exact) mass is 246 g/mol. The highest BCUT2D eigenvalue weighted by Crippen LogP contribution is 2.40. The van der Waals surface area contributed by atoms with Gasteiger partial charge in [0.15, 0.2) is 0 Å². The van der Waals surface area contributed by atoms with Crippen molar-refractivity contribution in [1.29, 1.82) is 0 Å². The Morgan fingerprint density at radius 1 is 1.39 bits per heavy atom. The lowest BCUT2D eigenvalue weighted by Crippen LogP contribution is -2.38. The van der Waals surface area contributed by atoms with Gasteiger partial charge in [-0.05, 0) is 41.7 Å². The Morgan fingerprint density at radius 2 is 2.11 bits per heavy atom. The number of hydrogen-bond acceptors (Lipinski definition) is 2. The first-order valence-corrected chi connectivity index (χ1v) is 7.14.